The van der Waals surface area contributed by atoms with E-state index in [2.05, 4.69) is 31.0 Å². The molecule has 0 heterocycles. The zero-order valence-corrected chi connectivity index (χ0v) is 13.4. The summed E-state index contributed by atoms with van der Waals surface area (Å²) in [5.74, 6) is -0.0440. The van der Waals surface area contributed by atoms with E-state index in [4.69, 9.17) is 17.3 Å². The number of benzene rings is 1. The van der Waals surface area contributed by atoms with Gasteiger partial charge in [-0.05, 0) is 30.7 Å². The van der Waals surface area contributed by atoms with Crippen LogP contribution in [0.25, 0.3) is 0 Å². The van der Waals surface area contributed by atoms with Crippen molar-refractivity contribution in [3.63, 3.8) is 0 Å². The molecule has 3 N–H and O–H groups in total. The first-order valence-electron chi connectivity index (χ1n) is 6.71. The molecule has 1 aromatic carbocycles. The molecule has 0 fully saturated rings. The summed E-state index contributed by atoms with van der Waals surface area (Å²) in [6.07, 6.45) is 0.438. The highest BCUT2D eigenvalue weighted by Gasteiger charge is 2.14. The number of nitrogen functional groups attached to an aromatic ring is 1. The third kappa shape index (κ3) is 6.26. The Morgan fingerprint density at radius 1 is 1.40 bits per heavy atom. The number of nitrogens with zero attached hydrogens (tertiary/aromatic N) is 1. The first-order valence-corrected chi connectivity index (χ1v) is 7.08. The largest absolute Gasteiger partial charge is 0.399 e. The van der Waals surface area contributed by atoms with Gasteiger partial charge in [0.05, 0.1) is 10.7 Å². The fourth-order valence-corrected chi connectivity index (χ4v) is 2.26. The first kappa shape index (κ1) is 16.8. The molecule has 4 nitrogen and oxygen atoms in total. The monoisotopic (exact) mass is 297 g/mol. The Hall–Kier alpha value is -1.26. The molecule has 0 unspecified atom stereocenters. The van der Waals surface area contributed by atoms with Gasteiger partial charge in [0.15, 0.2) is 0 Å². The van der Waals surface area contributed by atoms with Gasteiger partial charge in [-0.3, -0.25) is 4.79 Å². The smallest absolute Gasteiger partial charge is 0.225 e. The van der Waals surface area contributed by atoms with E-state index < -0.39 is 0 Å². The van der Waals surface area contributed by atoms with Crippen LogP contribution < -0.4 is 11.1 Å². The van der Waals surface area contributed by atoms with Crippen molar-refractivity contribution in [2.45, 2.75) is 27.2 Å². The maximum atomic E-state index is 11.9. The quantitative estimate of drug-likeness (QED) is 0.820. The number of nitrogens with one attached hydrogen (secondary N) is 1. The number of anilines is 2. The van der Waals surface area contributed by atoms with Gasteiger partial charge >= 0.3 is 0 Å². The molecule has 0 aromatic heterocycles. The normalized spacial score (nSPS) is 11.7. The van der Waals surface area contributed by atoms with Crippen LogP contribution in [0.15, 0.2) is 18.2 Å². The molecule has 112 valence electrons. The fraction of sp³-hybridized carbons (Fsp3) is 0.533. The second kappa shape index (κ2) is 6.95. The third-order valence-electron chi connectivity index (χ3n) is 2.73. The van der Waals surface area contributed by atoms with Gasteiger partial charge in [-0.2, -0.15) is 0 Å². The molecule has 1 amide bonds. The molecule has 0 aliphatic carbocycles. The van der Waals surface area contributed by atoms with Crippen molar-refractivity contribution < 1.29 is 4.79 Å². The number of nitrogens with two attached hydrogens (primary N) is 1. The number of carbonyl (C=O) groups excluding carboxylic acids is 1. The summed E-state index contributed by atoms with van der Waals surface area (Å²) >= 11 is 6.02. The number of carbonyl (C=O) groups is 1. The fourth-order valence-electron chi connectivity index (χ4n) is 2.03. The van der Waals surface area contributed by atoms with Gasteiger partial charge in [0, 0.05) is 25.2 Å². The van der Waals surface area contributed by atoms with Crippen LogP contribution in [-0.2, 0) is 4.79 Å². The van der Waals surface area contributed by atoms with Crippen LogP contribution >= 0.6 is 11.6 Å². The summed E-state index contributed by atoms with van der Waals surface area (Å²) in [7, 11) is 2.02. The van der Waals surface area contributed by atoms with E-state index in [1.54, 1.807) is 18.2 Å². The molecule has 0 aliphatic rings. The Labute approximate surface area is 126 Å². The lowest BCUT2D eigenvalue weighted by molar-refractivity contribution is -0.116. The summed E-state index contributed by atoms with van der Waals surface area (Å²) < 4.78 is 0. The molecule has 0 saturated heterocycles. The van der Waals surface area contributed by atoms with Crippen LogP contribution in [-0.4, -0.2) is 30.9 Å². The molecule has 0 aliphatic heterocycles. The summed E-state index contributed by atoms with van der Waals surface area (Å²) in [5.41, 5.74) is 7.02. The van der Waals surface area contributed by atoms with Crippen molar-refractivity contribution in [1.29, 1.82) is 0 Å². The molecule has 1 rings (SSSR count). The molecule has 0 saturated carbocycles. The van der Waals surface area contributed by atoms with Gasteiger partial charge in [-0.25, -0.2) is 0 Å². The van der Waals surface area contributed by atoms with Crippen molar-refractivity contribution in [1.82, 2.24) is 4.90 Å². The van der Waals surface area contributed by atoms with Gasteiger partial charge in [-0.15, -0.1) is 0 Å². The average molecular weight is 298 g/mol. The zero-order valence-electron chi connectivity index (χ0n) is 12.7. The number of hydrogen-bond acceptors (Lipinski definition) is 3. The maximum Gasteiger partial charge on any atom is 0.225 e. The minimum Gasteiger partial charge on any atom is -0.399 e. The molecular weight excluding hydrogens is 274 g/mol. The number of amides is 1. The number of hydrogen-bond donors (Lipinski definition) is 2. The van der Waals surface area contributed by atoms with E-state index in [0.717, 1.165) is 13.1 Å². The van der Waals surface area contributed by atoms with Crippen molar-refractivity contribution >= 4 is 28.9 Å². The van der Waals surface area contributed by atoms with Crippen molar-refractivity contribution in [2.75, 3.05) is 31.2 Å². The summed E-state index contributed by atoms with van der Waals surface area (Å²) in [6.45, 7) is 8.20. The molecule has 0 radical (unpaired) electrons. The van der Waals surface area contributed by atoms with Gasteiger partial charge in [-0.1, -0.05) is 32.4 Å². The van der Waals surface area contributed by atoms with Gasteiger partial charge < -0.3 is 16.0 Å². The van der Waals surface area contributed by atoms with Crippen molar-refractivity contribution in [3.05, 3.63) is 23.2 Å². The van der Waals surface area contributed by atoms with Gasteiger partial charge in [0.1, 0.15) is 0 Å². The molecule has 0 atom stereocenters. The molecule has 20 heavy (non-hydrogen) atoms. The molecule has 0 spiro atoms. The highest BCUT2D eigenvalue weighted by Crippen LogP contribution is 2.24. The highest BCUT2D eigenvalue weighted by atomic mass is 35.5. The Morgan fingerprint density at radius 3 is 2.60 bits per heavy atom. The van der Waals surface area contributed by atoms with E-state index in [0.29, 0.717) is 22.8 Å². The summed E-state index contributed by atoms with van der Waals surface area (Å²) in [4.78, 5) is 14.0. The number of rotatable bonds is 5. The van der Waals surface area contributed by atoms with Crippen LogP contribution in [0.2, 0.25) is 5.02 Å². The van der Waals surface area contributed by atoms with Gasteiger partial charge in [0.2, 0.25) is 5.91 Å². The second-order valence-electron chi connectivity index (χ2n) is 6.34. The molecule has 0 bridgehead atoms. The van der Waals surface area contributed by atoms with Crippen LogP contribution in [0, 0.1) is 5.41 Å². The Bertz CT molecular complexity index is 469. The van der Waals surface area contributed by atoms with Crippen LogP contribution in [0.4, 0.5) is 11.4 Å². The van der Waals surface area contributed by atoms with E-state index in [9.17, 15) is 4.79 Å². The van der Waals surface area contributed by atoms with E-state index in [1.807, 2.05) is 7.05 Å². The minimum absolute atomic E-state index is 0.0440. The van der Waals surface area contributed by atoms with E-state index in [-0.39, 0.29) is 11.3 Å². The topological polar surface area (TPSA) is 58.4 Å². The molecule has 5 heteroatoms. The van der Waals surface area contributed by atoms with Crippen LogP contribution in [0.5, 0.6) is 0 Å². The van der Waals surface area contributed by atoms with Crippen LogP contribution in [0.1, 0.15) is 27.2 Å². The lowest BCUT2D eigenvalue weighted by Gasteiger charge is -2.26. The average Bonchev–Trinajstić information content (AvgIpc) is 2.28. The Balaban J connectivity index is 2.44. The predicted octanol–water partition coefficient (Wildman–Crippen LogP) is 3.23. The lowest BCUT2D eigenvalue weighted by Crippen LogP contribution is -2.31. The second-order valence-corrected chi connectivity index (χ2v) is 6.74. The lowest BCUT2D eigenvalue weighted by atomic mass is 9.96. The van der Waals surface area contributed by atoms with Crippen LogP contribution in [0.3, 0.4) is 0 Å². The SMILES string of the molecule is CN(CCC(=O)Nc1ccc(N)cc1Cl)CC(C)(C)C. The summed E-state index contributed by atoms with van der Waals surface area (Å²) in [6, 6.07) is 5.06. The predicted molar refractivity (Wildman–Crippen MR) is 86.1 cm³/mol. The van der Waals surface area contributed by atoms with Crippen molar-refractivity contribution in [3.8, 4) is 0 Å². The Morgan fingerprint density at radius 2 is 2.05 bits per heavy atom. The standard InChI is InChI=1S/C15H24ClN3O/c1-15(2,3)10-19(4)8-7-14(20)18-13-6-5-11(17)9-12(13)16/h5-6,9H,7-8,10,17H2,1-4H3,(H,18,20). The van der Waals surface area contributed by atoms with E-state index in [1.165, 1.54) is 0 Å². The Kier molecular flexibility index (Phi) is 5.84. The molecular formula is C15H24ClN3O. The first-order chi connectivity index (χ1) is 9.17. The molecule has 1 aromatic rings. The third-order valence-corrected chi connectivity index (χ3v) is 3.04. The van der Waals surface area contributed by atoms with Gasteiger partial charge in [0.25, 0.3) is 0 Å². The summed E-state index contributed by atoms with van der Waals surface area (Å²) in [5, 5.41) is 3.26. The van der Waals surface area contributed by atoms with Crippen molar-refractivity contribution in [2.24, 2.45) is 5.41 Å². The highest BCUT2D eigenvalue weighted by molar-refractivity contribution is 6.34. The minimum atomic E-state index is -0.0440. The number of halogens is 1. The zero-order chi connectivity index (χ0) is 15.3. The van der Waals surface area contributed by atoms with E-state index >= 15 is 0 Å². The maximum absolute atomic E-state index is 11.9.